The molecule has 164 valence electrons. The Morgan fingerprint density at radius 1 is 0.968 bits per heavy atom. The van der Waals surface area contributed by atoms with Crippen molar-refractivity contribution in [3.8, 4) is 28.4 Å². The van der Waals surface area contributed by atoms with Gasteiger partial charge in [0.1, 0.15) is 17.2 Å². The van der Waals surface area contributed by atoms with E-state index in [-0.39, 0.29) is 5.91 Å². The van der Waals surface area contributed by atoms with E-state index in [1.54, 1.807) is 18.9 Å². The van der Waals surface area contributed by atoms with Crippen LogP contribution < -0.4 is 9.47 Å². The highest BCUT2D eigenvalue weighted by molar-refractivity contribution is 5.94. The first-order valence-electron chi connectivity index (χ1n) is 10.7. The number of aryl methyl sites for hydroxylation is 1. The van der Waals surface area contributed by atoms with Crippen molar-refractivity contribution in [2.45, 2.75) is 33.6 Å². The van der Waals surface area contributed by atoms with Crippen LogP contribution >= 0.6 is 0 Å². The predicted molar refractivity (Wildman–Crippen MR) is 123 cm³/mol. The Labute approximate surface area is 184 Å². The number of ether oxygens (including phenoxy) is 2. The fourth-order valence-electron chi connectivity index (χ4n) is 3.57. The number of aromatic nitrogens is 2. The summed E-state index contributed by atoms with van der Waals surface area (Å²) in [6.07, 6.45) is 1.81. The summed E-state index contributed by atoms with van der Waals surface area (Å²) in [6, 6.07) is 15.5. The van der Waals surface area contributed by atoms with Crippen molar-refractivity contribution >= 4 is 5.91 Å². The summed E-state index contributed by atoms with van der Waals surface area (Å²) in [6.45, 7) is 7.64. The Kier molecular flexibility index (Phi) is 7.34. The highest BCUT2D eigenvalue weighted by Crippen LogP contribution is 2.33. The van der Waals surface area contributed by atoms with Gasteiger partial charge in [-0.2, -0.15) is 5.10 Å². The van der Waals surface area contributed by atoms with Crippen LogP contribution in [0.1, 0.15) is 42.7 Å². The first-order chi connectivity index (χ1) is 15.0. The summed E-state index contributed by atoms with van der Waals surface area (Å²) >= 11 is 0. The van der Waals surface area contributed by atoms with Gasteiger partial charge < -0.3 is 14.4 Å². The van der Waals surface area contributed by atoms with Gasteiger partial charge >= 0.3 is 0 Å². The van der Waals surface area contributed by atoms with Gasteiger partial charge in [-0.15, -0.1) is 0 Å². The third-order valence-electron chi connectivity index (χ3n) is 5.17. The average Bonchev–Trinajstić information content (AvgIpc) is 3.23. The van der Waals surface area contributed by atoms with Crippen molar-refractivity contribution in [3.05, 3.63) is 59.8 Å². The molecule has 0 saturated heterocycles. The lowest BCUT2D eigenvalue weighted by Gasteiger charge is -2.21. The smallest absolute Gasteiger partial charge is 0.272 e. The Hall–Kier alpha value is -3.28. The molecule has 1 amide bonds. The summed E-state index contributed by atoms with van der Waals surface area (Å²) < 4.78 is 12.6. The minimum absolute atomic E-state index is 0.0181. The van der Waals surface area contributed by atoms with Crippen LogP contribution in [0.15, 0.2) is 48.5 Å². The third kappa shape index (κ3) is 4.90. The molecule has 0 aliphatic carbocycles. The van der Waals surface area contributed by atoms with Crippen LogP contribution in [0.2, 0.25) is 0 Å². The van der Waals surface area contributed by atoms with Crippen LogP contribution in [0, 0.1) is 6.92 Å². The quantitative estimate of drug-likeness (QED) is 0.481. The maximum atomic E-state index is 13.5. The van der Waals surface area contributed by atoms with Crippen LogP contribution in [0.3, 0.4) is 0 Å². The van der Waals surface area contributed by atoms with Gasteiger partial charge in [0.25, 0.3) is 5.91 Å². The summed E-state index contributed by atoms with van der Waals surface area (Å²) in [5, 5.41) is 4.82. The van der Waals surface area contributed by atoms with E-state index >= 15 is 0 Å². The SMILES string of the molecule is CCCN(CCC)C(=O)c1cc(-c2ccc(OC)cc2OC)nn1-c1ccc(C)cc1. The first kappa shape index (κ1) is 22.4. The molecule has 0 fully saturated rings. The Morgan fingerprint density at radius 3 is 2.23 bits per heavy atom. The number of hydrogen-bond donors (Lipinski definition) is 0. The second kappa shape index (κ2) is 10.2. The molecule has 2 aromatic carbocycles. The molecule has 0 N–H and O–H groups in total. The lowest BCUT2D eigenvalue weighted by Crippen LogP contribution is -2.33. The lowest BCUT2D eigenvalue weighted by atomic mass is 10.1. The fourth-order valence-corrected chi connectivity index (χ4v) is 3.57. The molecule has 0 aliphatic rings. The number of amides is 1. The summed E-state index contributed by atoms with van der Waals surface area (Å²) in [4.78, 5) is 15.4. The number of methoxy groups -OCH3 is 2. The Balaban J connectivity index is 2.14. The van der Waals surface area contributed by atoms with E-state index in [1.165, 1.54) is 0 Å². The van der Waals surface area contributed by atoms with E-state index in [0.717, 1.165) is 29.7 Å². The van der Waals surface area contributed by atoms with Gasteiger partial charge in [-0.1, -0.05) is 31.5 Å². The fraction of sp³-hybridized carbons (Fsp3) is 0.360. The number of carbonyl (C=O) groups is 1. The maximum absolute atomic E-state index is 13.5. The van der Waals surface area contributed by atoms with E-state index in [1.807, 2.05) is 60.4 Å². The van der Waals surface area contributed by atoms with Crippen molar-refractivity contribution in [1.29, 1.82) is 0 Å². The lowest BCUT2D eigenvalue weighted by molar-refractivity contribution is 0.0746. The molecule has 0 atom stereocenters. The van der Waals surface area contributed by atoms with E-state index in [2.05, 4.69) is 13.8 Å². The van der Waals surface area contributed by atoms with Gasteiger partial charge in [-0.3, -0.25) is 4.79 Å². The predicted octanol–water partition coefficient (Wildman–Crippen LogP) is 5.13. The largest absolute Gasteiger partial charge is 0.497 e. The normalized spacial score (nSPS) is 10.7. The topological polar surface area (TPSA) is 56.6 Å². The van der Waals surface area contributed by atoms with E-state index in [9.17, 15) is 4.79 Å². The van der Waals surface area contributed by atoms with Crippen molar-refractivity contribution in [2.24, 2.45) is 0 Å². The monoisotopic (exact) mass is 421 g/mol. The molecule has 3 aromatic rings. The average molecular weight is 422 g/mol. The molecule has 0 bridgehead atoms. The molecule has 1 heterocycles. The third-order valence-corrected chi connectivity index (χ3v) is 5.17. The second-order valence-corrected chi connectivity index (χ2v) is 7.52. The molecular formula is C25H31N3O3. The molecule has 31 heavy (non-hydrogen) atoms. The van der Waals surface area contributed by atoms with Crippen LogP contribution in [-0.2, 0) is 0 Å². The molecule has 3 rings (SSSR count). The van der Waals surface area contributed by atoms with Crippen LogP contribution in [0.25, 0.3) is 16.9 Å². The molecule has 0 radical (unpaired) electrons. The number of nitrogens with zero attached hydrogens (tertiary/aromatic N) is 3. The van der Waals surface area contributed by atoms with Gasteiger partial charge in [0, 0.05) is 24.7 Å². The number of carbonyl (C=O) groups excluding carboxylic acids is 1. The van der Waals surface area contributed by atoms with Crippen LogP contribution in [0.5, 0.6) is 11.5 Å². The molecule has 0 spiro atoms. The summed E-state index contributed by atoms with van der Waals surface area (Å²) in [7, 11) is 3.24. The zero-order chi connectivity index (χ0) is 22.4. The Morgan fingerprint density at radius 2 is 1.65 bits per heavy atom. The summed E-state index contributed by atoms with van der Waals surface area (Å²) in [5.74, 6) is 1.33. The maximum Gasteiger partial charge on any atom is 0.272 e. The van der Waals surface area contributed by atoms with Gasteiger partial charge in [0.05, 0.1) is 25.6 Å². The standard InChI is InChI=1S/C25H31N3O3/c1-6-14-27(15-7-2)25(29)23-17-22(21-13-12-20(30-4)16-24(21)31-5)26-28(23)19-10-8-18(3)9-11-19/h8-13,16-17H,6-7,14-15H2,1-5H3. The van der Waals surface area contributed by atoms with Crippen molar-refractivity contribution < 1.29 is 14.3 Å². The first-order valence-corrected chi connectivity index (χ1v) is 10.7. The number of benzene rings is 2. The minimum Gasteiger partial charge on any atom is -0.497 e. The van der Waals surface area contributed by atoms with Crippen molar-refractivity contribution in [2.75, 3.05) is 27.3 Å². The van der Waals surface area contributed by atoms with Gasteiger partial charge in [0.2, 0.25) is 0 Å². The number of rotatable bonds is 9. The van der Waals surface area contributed by atoms with Crippen LogP contribution in [0.4, 0.5) is 0 Å². The van der Waals surface area contributed by atoms with E-state index in [4.69, 9.17) is 14.6 Å². The molecule has 0 aliphatic heterocycles. The van der Waals surface area contributed by atoms with Crippen molar-refractivity contribution in [1.82, 2.24) is 14.7 Å². The molecular weight excluding hydrogens is 390 g/mol. The van der Waals surface area contributed by atoms with Gasteiger partial charge in [-0.05, 0) is 50.1 Å². The van der Waals surface area contributed by atoms with Gasteiger partial charge in [0.15, 0.2) is 0 Å². The number of hydrogen-bond acceptors (Lipinski definition) is 4. The van der Waals surface area contributed by atoms with Gasteiger partial charge in [-0.25, -0.2) is 4.68 Å². The minimum atomic E-state index is -0.0181. The van der Waals surface area contributed by atoms with E-state index in [0.29, 0.717) is 36.0 Å². The highest BCUT2D eigenvalue weighted by atomic mass is 16.5. The van der Waals surface area contributed by atoms with E-state index < -0.39 is 0 Å². The zero-order valence-electron chi connectivity index (χ0n) is 19.0. The molecule has 1 aromatic heterocycles. The zero-order valence-corrected chi connectivity index (χ0v) is 19.0. The molecule has 0 saturated carbocycles. The summed E-state index contributed by atoms with van der Waals surface area (Å²) in [5.41, 5.74) is 4.02. The highest BCUT2D eigenvalue weighted by Gasteiger charge is 2.23. The second-order valence-electron chi connectivity index (χ2n) is 7.52. The van der Waals surface area contributed by atoms with Crippen LogP contribution in [-0.4, -0.2) is 47.9 Å². The Bertz CT molecular complexity index is 1020. The molecule has 6 nitrogen and oxygen atoms in total. The molecule has 0 unspecified atom stereocenters. The molecule has 6 heteroatoms. The van der Waals surface area contributed by atoms with Crippen molar-refractivity contribution in [3.63, 3.8) is 0 Å².